The fourth-order valence-electron chi connectivity index (χ4n) is 3.41. The van der Waals surface area contributed by atoms with Gasteiger partial charge in [0.15, 0.2) is 0 Å². The van der Waals surface area contributed by atoms with Crippen molar-refractivity contribution in [3.8, 4) is 0 Å². The van der Waals surface area contributed by atoms with Gasteiger partial charge in [-0.3, -0.25) is 9.80 Å². The smallest absolute Gasteiger partial charge is 0.0283 e. The number of piperazine rings is 1. The third kappa shape index (κ3) is 2.41. The second kappa shape index (κ2) is 4.28. The monoisotopic (exact) mass is 223 g/mol. The van der Waals surface area contributed by atoms with E-state index in [9.17, 15) is 0 Å². The summed E-state index contributed by atoms with van der Waals surface area (Å²) in [7, 11) is 0. The molecule has 0 aromatic heterocycles. The molecule has 3 heteroatoms. The van der Waals surface area contributed by atoms with Gasteiger partial charge in [0, 0.05) is 44.3 Å². The van der Waals surface area contributed by atoms with Gasteiger partial charge < -0.3 is 5.73 Å². The standard InChI is InChI=1S/C13H25N3/c14-13(5-1-2-6-13)11-15-7-9-16(10-8-15)12-3-4-12/h12H,1-11,14H2. The number of hydrogen-bond acceptors (Lipinski definition) is 3. The fourth-order valence-corrected chi connectivity index (χ4v) is 3.41. The average Bonchev–Trinajstić information content (AvgIpc) is 3.04. The summed E-state index contributed by atoms with van der Waals surface area (Å²) in [6, 6.07) is 0.945. The average molecular weight is 223 g/mol. The molecule has 16 heavy (non-hydrogen) atoms. The summed E-state index contributed by atoms with van der Waals surface area (Å²) in [5.74, 6) is 0. The lowest BCUT2D eigenvalue weighted by Crippen LogP contribution is -2.54. The van der Waals surface area contributed by atoms with Crippen molar-refractivity contribution in [2.24, 2.45) is 5.73 Å². The van der Waals surface area contributed by atoms with Crippen LogP contribution in [-0.2, 0) is 0 Å². The minimum absolute atomic E-state index is 0.155. The Morgan fingerprint density at radius 2 is 1.62 bits per heavy atom. The second-order valence-corrected chi connectivity index (χ2v) is 6.11. The highest BCUT2D eigenvalue weighted by Gasteiger charge is 2.35. The molecule has 1 heterocycles. The quantitative estimate of drug-likeness (QED) is 0.776. The molecule has 2 saturated carbocycles. The van der Waals surface area contributed by atoms with Crippen LogP contribution < -0.4 is 5.73 Å². The first-order chi connectivity index (χ1) is 7.75. The normalized spacial score (nSPS) is 32.1. The van der Waals surface area contributed by atoms with Crippen LogP contribution in [0.2, 0.25) is 0 Å². The van der Waals surface area contributed by atoms with Crippen molar-refractivity contribution >= 4 is 0 Å². The van der Waals surface area contributed by atoms with E-state index in [0.717, 1.165) is 12.6 Å². The predicted octanol–water partition coefficient (Wildman–Crippen LogP) is 1.04. The summed E-state index contributed by atoms with van der Waals surface area (Å²) < 4.78 is 0. The summed E-state index contributed by atoms with van der Waals surface area (Å²) in [6.45, 7) is 6.19. The minimum Gasteiger partial charge on any atom is -0.324 e. The molecule has 0 bridgehead atoms. The Morgan fingerprint density at radius 1 is 1.00 bits per heavy atom. The van der Waals surface area contributed by atoms with Crippen LogP contribution in [-0.4, -0.2) is 54.1 Å². The van der Waals surface area contributed by atoms with E-state index in [4.69, 9.17) is 5.73 Å². The zero-order valence-corrected chi connectivity index (χ0v) is 10.3. The predicted molar refractivity (Wildman–Crippen MR) is 66.4 cm³/mol. The van der Waals surface area contributed by atoms with Gasteiger partial charge in [-0.05, 0) is 25.7 Å². The number of nitrogens with zero attached hydrogens (tertiary/aromatic N) is 2. The summed E-state index contributed by atoms with van der Waals surface area (Å²) in [4.78, 5) is 5.28. The molecule has 3 rings (SSSR count). The van der Waals surface area contributed by atoms with Crippen LogP contribution in [0.15, 0.2) is 0 Å². The van der Waals surface area contributed by atoms with Gasteiger partial charge in [0.2, 0.25) is 0 Å². The van der Waals surface area contributed by atoms with E-state index in [1.807, 2.05) is 0 Å². The van der Waals surface area contributed by atoms with Gasteiger partial charge in [0.25, 0.3) is 0 Å². The molecule has 2 N–H and O–H groups in total. The first-order valence-electron chi connectivity index (χ1n) is 7.01. The molecule has 0 atom stereocenters. The molecule has 3 fully saturated rings. The minimum atomic E-state index is 0.155. The van der Waals surface area contributed by atoms with Crippen LogP contribution in [0.5, 0.6) is 0 Å². The molecule has 92 valence electrons. The molecular formula is C13H25N3. The Balaban J connectivity index is 1.46. The van der Waals surface area contributed by atoms with Gasteiger partial charge >= 0.3 is 0 Å². The summed E-state index contributed by atoms with van der Waals surface area (Å²) in [5.41, 5.74) is 6.60. The third-order valence-corrected chi connectivity index (χ3v) is 4.61. The van der Waals surface area contributed by atoms with E-state index in [1.54, 1.807) is 0 Å². The maximum absolute atomic E-state index is 6.44. The lowest BCUT2D eigenvalue weighted by atomic mass is 9.98. The van der Waals surface area contributed by atoms with Crippen molar-refractivity contribution in [1.82, 2.24) is 9.80 Å². The molecule has 2 aliphatic carbocycles. The molecule has 0 spiro atoms. The third-order valence-electron chi connectivity index (χ3n) is 4.61. The number of nitrogens with two attached hydrogens (primary N) is 1. The Kier molecular flexibility index (Phi) is 2.94. The molecular weight excluding hydrogens is 198 g/mol. The van der Waals surface area contributed by atoms with E-state index in [1.165, 1.54) is 64.7 Å². The summed E-state index contributed by atoms with van der Waals surface area (Å²) in [6.07, 6.45) is 8.07. The Morgan fingerprint density at radius 3 is 2.19 bits per heavy atom. The van der Waals surface area contributed by atoms with Crippen molar-refractivity contribution < 1.29 is 0 Å². The van der Waals surface area contributed by atoms with Crippen molar-refractivity contribution in [2.45, 2.75) is 50.1 Å². The van der Waals surface area contributed by atoms with E-state index in [-0.39, 0.29) is 5.54 Å². The highest BCUT2D eigenvalue weighted by Crippen LogP contribution is 2.30. The van der Waals surface area contributed by atoms with E-state index >= 15 is 0 Å². The lowest BCUT2D eigenvalue weighted by Gasteiger charge is -2.38. The molecule has 3 aliphatic rings. The number of hydrogen-bond donors (Lipinski definition) is 1. The van der Waals surface area contributed by atoms with Gasteiger partial charge in [-0.25, -0.2) is 0 Å². The fraction of sp³-hybridized carbons (Fsp3) is 1.00. The zero-order chi connectivity index (χ0) is 11.0. The molecule has 3 nitrogen and oxygen atoms in total. The first-order valence-corrected chi connectivity index (χ1v) is 7.01. The van der Waals surface area contributed by atoms with Crippen LogP contribution in [0.3, 0.4) is 0 Å². The van der Waals surface area contributed by atoms with E-state index in [2.05, 4.69) is 9.80 Å². The first kappa shape index (κ1) is 11.0. The molecule has 0 radical (unpaired) electrons. The topological polar surface area (TPSA) is 32.5 Å². The molecule has 1 saturated heterocycles. The van der Waals surface area contributed by atoms with Crippen LogP contribution in [0, 0.1) is 0 Å². The van der Waals surface area contributed by atoms with Gasteiger partial charge in [0.05, 0.1) is 0 Å². The molecule has 0 aromatic carbocycles. The SMILES string of the molecule is NC1(CN2CCN(C3CC3)CC2)CCCC1. The van der Waals surface area contributed by atoms with Gasteiger partial charge in [-0.15, -0.1) is 0 Å². The highest BCUT2D eigenvalue weighted by molar-refractivity contribution is 4.94. The Hall–Kier alpha value is -0.120. The Labute approximate surface area is 99.0 Å². The summed E-state index contributed by atoms with van der Waals surface area (Å²) >= 11 is 0. The van der Waals surface area contributed by atoms with Crippen LogP contribution in [0.1, 0.15) is 38.5 Å². The molecule has 0 unspecified atom stereocenters. The van der Waals surface area contributed by atoms with Gasteiger partial charge in [0.1, 0.15) is 0 Å². The van der Waals surface area contributed by atoms with E-state index < -0.39 is 0 Å². The molecule has 1 aliphatic heterocycles. The van der Waals surface area contributed by atoms with Crippen molar-refractivity contribution in [3.63, 3.8) is 0 Å². The van der Waals surface area contributed by atoms with Crippen molar-refractivity contribution in [2.75, 3.05) is 32.7 Å². The van der Waals surface area contributed by atoms with Crippen LogP contribution in [0.4, 0.5) is 0 Å². The maximum atomic E-state index is 6.44. The molecule has 0 amide bonds. The number of rotatable bonds is 3. The Bertz CT molecular complexity index is 236. The van der Waals surface area contributed by atoms with Crippen molar-refractivity contribution in [3.05, 3.63) is 0 Å². The van der Waals surface area contributed by atoms with Gasteiger partial charge in [-0.2, -0.15) is 0 Å². The van der Waals surface area contributed by atoms with E-state index in [0.29, 0.717) is 0 Å². The second-order valence-electron chi connectivity index (χ2n) is 6.11. The summed E-state index contributed by atoms with van der Waals surface area (Å²) in [5, 5.41) is 0. The van der Waals surface area contributed by atoms with Crippen LogP contribution in [0.25, 0.3) is 0 Å². The molecule has 0 aromatic rings. The van der Waals surface area contributed by atoms with Crippen molar-refractivity contribution in [1.29, 1.82) is 0 Å². The van der Waals surface area contributed by atoms with Crippen LogP contribution >= 0.6 is 0 Å². The highest BCUT2D eigenvalue weighted by atomic mass is 15.3. The largest absolute Gasteiger partial charge is 0.324 e. The lowest BCUT2D eigenvalue weighted by molar-refractivity contribution is 0.106. The van der Waals surface area contributed by atoms with Gasteiger partial charge in [-0.1, -0.05) is 12.8 Å². The zero-order valence-electron chi connectivity index (χ0n) is 10.3. The maximum Gasteiger partial charge on any atom is 0.0283 e.